The van der Waals surface area contributed by atoms with E-state index in [1.165, 1.54) is 11.7 Å². The van der Waals surface area contributed by atoms with Crippen LogP contribution in [0.25, 0.3) is 11.2 Å². The summed E-state index contributed by atoms with van der Waals surface area (Å²) in [5.41, 5.74) is 7.62. The van der Waals surface area contributed by atoms with Crippen molar-refractivity contribution < 1.29 is 14.3 Å². The van der Waals surface area contributed by atoms with Crippen molar-refractivity contribution in [1.29, 1.82) is 0 Å². The molecule has 9 nitrogen and oxygen atoms in total. The van der Waals surface area contributed by atoms with Crippen molar-refractivity contribution in [2.75, 3.05) is 19.5 Å². The highest BCUT2D eigenvalue weighted by atomic mass is 16.5. The summed E-state index contributed by atoms with van der Waals surface area (Å²) in [7, 11) is 1.33. The average molecular weight is 385 g/mol. The standard InChI is InChI=1S/C19H23N5O4/c1-4-5-10-28-18-22-15(20)14-16(23-18)24(19(26)21-14)11(2)12-6-8-13(9-7-12)17(25)27-3/h6-9,11H,4-5,10H2,1-3H3,(H,21,26)(H2,20,22,23). The minimum Gasteiger partial charge on any atom is -0.465 e. The van der Waals surface area contributed by atoms with Crippen molar-refractivity contribution >= 4 is 23.0 Å². The second-order valence-corrected chi connectivity index (χ2v) is 6.38. The zero-order valence-corrected chi connectivity index (χ0v) is 16.1. The number of aromatic nitrogens is 4. The van der Waals surface area contributed by atoms with Gasteiger partial charge in [0.15, 0.2) is 11.5 Å². The number of nitrogens with zero attached hydrogens (tertiary/aromatic N) is 3. The summed E-state index contributed by atoms with van der Waals surface area (Å²) in [6.45, 7) is 4.39. The van der Waals surface area contributed by atoms with E-state index >= 15 is 0 Å². The Balaban J connectivity index is 2.00. The summed E-state index contributed by atoms with van der Waals surface area (Å²) < 4.78 is 11.8. The minimum absolute atomic E-state index is 0.138. The number of anilines is 1. The first-order chi connectivity index (χ1) is 13.5. The quantitative estimate of drug-likeness (QED) is 0.472. The van der Waals surface area contributed by atoms with Crippen LogP contribution in [0.2, 0.25) is 0 Å². The minimum atomic E-state index is -0.419. The molecule has 0 bridgehead atoms. The van der Waals surface area contributed by atoms with Crippen molar-refractivity contribution in [1.82, 2.24) is 19.5 Å². The number of methoxy groups -OCH3 is 1. The second-order valence-electron chi connectivity index (χ2n) is 6.38. The van der Waals surface area contributed by atoms with E-state index in [2.05, 4.69) is 21.9 Å². The number of H-pyrrole nitrogens is 1. The molecule has 0 saturated carbocycles. The van der Waals surface area contributed by atoms with E-state index < -0.39 is 5.97 Å². The number of nitrogens with two attached hydrogens (primary N) is 1. The molecule has 3 aromatic rings. The van der Waals surface area contributed by atoms with Gasteiger partial charge in [-0.05, 0) is 31.0 Å². The molecule has 0 amide bonds. The van der Waals surface area contributed by atoms with E-state index in [1.807, 2.05) is 6.92 Å². The lowest BCUT2D eigenvalue weighted by molar-refractivity contribution is 0.0600. The van der Waals surface area contributed by atoms with Crippen LogP contribution in [0.15, 0.2) is 29.1 Å². The summed E-state index contributed by atoms with van der Waals surface area (Å²) in [4.78, 5) is 35.4. The lowest BCUT2D eigenvalue weighted by atomic mass is 10.1. The maximum Gasteiger partial charge on any atom is 0.337 e. The SMILES string of the molecule is CCCCOc1nc(N)c2[nH]c(=O)n(C(C)c3ccc(C(=O)OC)cc3)c2n1. The van der Waals surface area contributed by atoms with Crippen molar-refractivity contribution in [3.8, 4) is 6.01 Å². The van der Waals surface area contributed by atoms with Crippen LogP contribution in [-0.2, 0) is 4.74 Å². The van der Waals surface area contributed by atoms with Crippen molar-refractivity contribution in [3.63, 3.8) is 0 Å². The van der Waals surface area contributed by atoms with Gasteiger partial charge in [0.1, 0.15) is 5.52 Å². The van der Waals surface area contributed by atoms with Gasteiger partial charge in [-0.25, -0.2) is 9.59 Å². The number of imidazole rings is 1. The van der Waals surface area contributed by atoms with Crippen LogP contribution in [0.3, 0.4) is 0 Å². The highest BCUT2D eigenvalue weighted by Crippen LogP contribution is 2.24. The van der Waals surface area contributed by atoms with Gasteiger partial charge in [-0.2, -0.15) is 9.97 Å². The Labute approximate surface area is 161 Å². The molecule has 0 aliphatic heterocycles. The summed E-state index contributed by atoms with van der Waals surface area (Å²) >= 11 is 0. The Morgan fingerprint density at radius 1 is 1.29 bits per heavy atom. The van der Waals surface area contributed by atoms with Crippen LogP contribution in [0.1, 0.15) is 48.7 Å². The molecule has 1 unspecified atom stereocenters. The first kappa shape index (κ1) is 19.4. The number of hydrogen-bond acceptors (Lipinski definition) is 7. The van der Waals surface area contributed by atoms with Crippen molar-refractivity contribution in [2.24, 2.45) is 0 Å². The number of ether oxygens (including phenoxy) is 2. The molecule has 9 heteroatoms. The normalized spacial score (nSPS) is 12.1. The number of esters is 1. The Bertz CT molecular complexity index is 1040. The zero-order valence-electron chi connectivity index (χ0n) is 16.1. The first-order valence-electron chi connectivity index (χ1n) is 9.05. The Morgan fingerprint density at radius 3 is 2.64 bits per heavy atom. The molecular formula is C19H23N5O4. The van der Waals surface area contributed by atoms with Gasteiger partial charge in [-0.3, -0.25) is 4.57 Å². The second kappa shape index (κ2) is 8.12. The van der Waals surface area contributed by atoms with E-state index in [1.54, 1.807) is 24.3 Å². The fourth-order valence-electron chi connectivity index (χ4n) is 2.90. The molecule has 0 fully saturated rings. The molecule has 2 aromatic heterocycles. The lowest BCUT2D eigenvalue weighted by Gasteiger charge is -2.14. The summed E-state index contributed by atoms with van der Waals surface area (Å²) in [5, 5.41) is 0. The van der Waals surface area contributed by atoms with Crippen LogP contribution in [0.5, 0.6) is 6.01 Å². The Morgan fingerprint density at radius 2 is 2.00 bits per heavy atom. The number of unbranched alkanes of at least 4 members (excludes halogenated alkanes) is 1. The molecule has 0 saturated heterocycles. The highest BCUT2D eigenvalue weighted by Gasteiger charge is 2.20. The molecule has 148 valence electrons. The predicted molar refractivity (Wildman–Crippen MR) is 105 cm³/mol. The van der Waals surface area contributed by atoms with E-state index in [9.17, 15) is 9.59 Å². The molecule has 2 heterocycles. The highest BCUT2D eigenvalue weighted by molar-refractivity contribution is 5.89. The van der Waals surface area contributed by atoms with Crippen LogP contribution >= 0.6 is 0 Å². The number of benzene rings is 1. The number of aromatic amines is 1. The van der Waals surface area contributed by atoms with Gasteiger partial charge in [-0.1, -0.05) is 25.5 Å². The molecule has 0 aliphatic rings. The van der Waals surface area contributed by atoms with Crippen molar-refractivity contribution in [3.05, 3.63) is 45.9 Å². The van der Waals surface area contributed by atoms with Crippen LogP contribution in [0.4, 0.5) is 5.82 Å². The number of rotatable bonds is 7. The van der Waals surface area contributed by atoms with E-state index in [0.717, 1.165) is 18.4 Å². The lowest BCUT2D eigenvalue weighted by Crippen LogP contribution is -2.21. The first-order valence-corrected chi connectivity index (χ1v) is 9.05. The van der Waals surface area contributed by atoms with Gasteiger partial charge in [0, 0.05) is 0 Å². The summed E-state index contributed by atoms with van der Waals surface area (Å²) in [5.74, 6) is -0.265. The molecule has 0 radical (unpaired) electrons. The number of carbonyl (C=O) groups excluding carboxylic acids is 1. The van der Waals surface area contributed by atoms with Crippen LogP contribution < -0.4 is 16.2 Å². The topological polar surface area (TPSA) is 125 Å². The number of hydrogen-bond donors (Lipinski definition) is 2. The number of nitrogen functional groups attached to an aromatic ring is 1. The predicted octanol–water partition coefficient (Wildman–Crippen LogP) is 2.28. The third-order valence-corrected chi connectivity index (χ3v) is 4.51. The van der Waals surface area contributed by atoms with E-state index in [0.29, 0.717) is 23.3 Å². The third kappa shape index (κ3) is 3.68. The molecule has 3 N–H and O–H groups in total. The molecule has 1 atom stereocenters. The fourth-order valence-corrected chi connectivity index (χ4v) is 2.90. The zero-order chi connectivity index (χ0) is 20.3. The summed E-state index contributed by atoms with van der Waals surface area (Å²) in [6.07, 6.45) is 1.84. The molecular weight excluding hydrogens is 362 g/mol. The largest absolute Gasteiger partial charge is 0.465 e. The molecule has 3 rings (SSSR count). The van der Waals surface area contributed by atoms with Gasteiger partial charge < -0.3 is 20.2 Å². The Kier molecular flexibility index (Phi) is 5.62. The smallest absolute Gasteiger partial charge is 0.337 e. The van der Waals surface area contributed by atoms with Crippen LogP contribution in [0, 0.1) is 0 Å². The van der Waals surface area contributed by atoms with Gasteiger partial charge in [-0.15, -0.1) is 0 Å². The summed E-state index contributed by atoms with van der Waals surface area (Å²) in [6, 6.07) is 6.63. The van der Waals surface area contributed by atoms with Gasteiger partial charge in [0.2, 0.25) is 0 Å². The van der Waals surface area contributed by atoms with Gasteiger partial charge in [0.05, 0.1) is 25.3 Å². The maximum absolute atomic E-state index is 12.6. The maximum atomic E-state index is 12.6. The van der Waals surface area contributed by atoms with Crippen LogP contribution in [-0.4, -0.2) is 39.2 Å². The van der Waals surface area contributed by atoms with Crippen molar-refractivity contribution in [2.45, 2.75) is 32.7 Å². The average Bonchev–Trinajstić information content (AvgIpc) is 3.03. The van der Waals surface area contributed by atoms with Gasteiger partial charge >= 0.3 is 17.7 Å². The van der Waals surface area contributed by atoms with E-state index in [4.69, 9.17) is 15.2 Å². The van der Waals surface area contributed by atoms with E-state index in [-0.39, 0.29) is 23.6 Å². The molecule has 0 aliphatic carbocycles. The molecule has 28 heavy (non-hydrogen) atoms. The number of fused-ring (bicyclic) bond motifs is 1. The number of nitrogens with one attached hydrogen (secondary N) is 1. The molecule has 0 spiro atoms. The monoisotopic (exact) mass is 385 g/mol. The van der Waals surface area contributed by atoms with Gasteiger partial charge in [0.25, 0.3) is 0 Å². The molecule has 1 aromatic carbocycles. The fraction of sp³-hybridized carbons (Fsp3) is 0.368. The number of carbonyl (C=O) groups is 1. The third-order valence-electron chi connectivity index (χ3n) is 4.51. The Hall–Kier alpha value is -3.36.